The molecule has 1 aromatic rings. The van der Waals surface area contributed by atoms with E-state index in [4.69, 9.17) is 10.5 Å². The van der Waals surface area contributed by atoms with E-state index in [1.807, 2.05) is 11.8 Å². The average Bonchev–Trinajstić information content (AvgIpc) is 2.61. The molecule has 2 nitrogen and oxygen atoms in total. The number of benzene rings is 1. The molecule has 2 heterocycles. The Kier molecular flexibility index (Phi) is 2.64. The maximum absolute atomic E-state index is 6.33. The Hall–Kier alpha value is -0.670. The summed E-state index contributed by atoms with van der Waals surface area (Å²) in [6.07, 6.45) is 2.08. The number of aryl methyl sites for hydroxylation is 1. The molecule has 0 amide bonds. The van der Waals surface area contributed by atoms with Crippen LogP contribution in [0.1, 0.15) is 36.9 Å². The molecule has 1 aromatic carbocycles. The van der Waals surface area contributed by atoms with Crippen molar-refractivity contribution in [3.63, 3.8) is 0 Å². The van der Waals surface area contributed by atoms with Gasteiger partial charge < -0.3 is 10.5 Å². The van der Waals surface area contributed by atoms with Gasteiger partial charge in [-0.1, -0.05) is 24.6 Å². The van der Waals surface area contributed by atoms with Crippen molar-refractivity contribution in [1.82, 2.24) is 0 Å². The zero-order chi connectivity index (χ0) is 12.0. The van der Waals surface area contributed by atoms with Crippen LogP contribution in [0.5, 0.6) is 5.75 Å². The van der Waals surface area contributed by atoms with Crippen molar-refractivity contribution in [3.05, 3.63) is 29.3 Å². The molecule has 92 valence electrons. The minimum atomic E-state index is -0.00818. The first-order valence-electron chi connectivity index (χ1n) is 6.25. The summed E-state index contributed by atoms with van der Waals surface area (Å²) >= 11 is 2.00. The third kappa shape index (κ3) is 1.95. The van der Waals surface area contributed by atoms with Crippen LogP contribution in [0.15, 0.2) is 18.2 Å². The lowest BCUT2D eigenvalue weighted by atomic mass is 9.85. The lowest BCUT2D eigenvalue weighted by Crippen LogP contribution is -2.43. The van der Waals surface area contributed by atoms with Crippen LogP contribution in [0.2, 0.25) is 0 Å². The molecule has 3 heteroatoms. The minimum Gasteiger partial charge on any atom is -0.486 e. The van der Waals surface area contributed by atoms with Gasteiger partial charge in [-0.05, 0) is 19.4 Å². The van der Waals surface area contributed by atoms with Crippen molar-refractivity contribution < 1.29 is 4.74 Å². The van der Waals surface area contributed by atoms with Crippen LogP contribution >= 0.6 is 11.8 Å². The van der Waals surface area contributed by atoms with Gasteiger partial charge in [0.05, 0.1) is 0 Å². The van der Waals surface area contributed by atoms with Crippen molar-refractivity contribution in [1.29, 1.82) is 0 Å². The molecule has 2 N–H and O–H groups in total. The third-order valence-electron chi connectivity index (χ3n) is 3.77. The van der Waals surface area contributed by atoms with Crippen molar-refractivity contribution in [2.75, 3.05) is 5.75 Å². The number of rotatable bonds is 0. The van der Waals surface area contributed by atoms with Crippen LogP contribution in [0, 0.1) is 6.92 Å². The number of ether oxygens (including phenoxy) is 1. The maximum atomic E-state index is 6.33. The van der Waals surface area contributed by atoms with E-state index in [0.29, 0.717) is 5.25 Å². The molecule has 3 atom stereocenters. The first kappa shape index (κ1) is 11.4. The van der Waals surface area contributed by atoms with E-state index >= 15 is 0 Å². The van der Waals surface area contributed by atoms with Gasteiger partial charge >= 0.3 is 0 Å². The predicted octanol–water partition coefficient (Wildman–Crippen LogP) is 3.04. The quantitative estimate of drug-likeness (QED) is 0.767. The highest BCUT2D eigenvalue weighted by atomic mass is 32.2. The molecule has 0 radical (unpaired) electrons. The van der Waals surface area contributed by atoms with Gasteiger partial charge in [0.2, 0.25) is 0 Å². The molecule has 2 aliphatic rings. The third-order valence-corrected chi connectivity index (χ3v) is 5.20. The van der Waals surface area contributed by atoms with Gasteiger partial charge in [-0.25, -0.2) is 0 Å². The summed E-state index contributed by atoms with van der Waals surface area (Å²) in [7, 11) is 0. The molecular weight excluding hydrogens is 230 g/mol. The van der Waals surface area contributed by atoms with Crippen LogP contribution in [-0.2, 0) is 0 Å². The zero-order valence-corrected chi connectivity index (χ0v) is 11.2. The second-order valence-electron chi connectivity index (χ2n) is 5.46. The van der Waals surface area contributed by atoms with Crippen molar-refractivity contribution in [2.45, 2.75) is 43.6 Å². The fourth-order valence-electron chi connectivity index (χ4n) is 2.99. The van der Waals surface area contributed by atoms with Gasteiger partial charge in [0, 0.05) is 29.0 Å². The molecule has 2 unspecified atom stereocenters. The fourth-order valence-corrected chi connectivity index (χ4v) is 4.29. The van der Waals surface area contributed by atoms with Crippen molar-refractivity contribution in [2.24, 2.45) is 5.73 Å². The summed E-state index contributed by atoms with van der Waals surface area (Å²) in [6, 6.07) is 6.48. The van der Waals surface area contributed by atoms with Gasteiger partial charge in [-0.15, -0.1) is 0 Å². The summed E-state index contributed by atoms with van der Waals surface area (Å²) in [5.41, 5.74) is 8.76. The predicted molar refractivity (Wildman–Crippen MR) is 72.6 cm³/mol. The summed E-state index contributed by atoms with van der Waals surface area (Å²) in [6.45, 7) is 4.38. The molecule has 1 saturated heterocycles. The summed E-state index contributed by atoms with van der Waals surface area (Å²) in [5, 5.41) is 0.689. The molecule has 0 bridgehead atoms. The van der Waals surface area contributed by atoms with E-state index in [-0.39, 0.29) is 11.6 Å². The van der Waals surface area contributed by atoms with Gasteiger partial charge in [0.1, 0.15) is 11.4 Å². The summed E-state index contributed by atoms with van der Waals surface area (Å²) in [5.74, 6) is 2.08. The number of hydrogen-bond donors (Lipinski definition) is 1. The Morgan fingerprint density at radius 1 is 1.41 bits per heavy atom. The van der Waals surface area contributed by atoms with Gasteiger partial charge in [-0.3, -0.25) is 0 Å². The monoisotopic (exact) mass is 249 g/mol. The molecule has 1 fully saturated rings. The summed E-state index contributed by atoms with van der Waals surface area (Å²) < 4.78 is 6.28. The zero-order valence-electron chi connectivity index (χ0n) is 10.4. The van der Waals surface area contributed by atoms with Crippen molar-refractivity contribution in [3.8, 4) is 5.75 Å². The Bertz CT molecular complexity index is 448. The van der Waals surface area contributed by atoms with Gasteiger partial charge in [0.15, 0.2) is 0 Å². The van der Waals surface area contributed by atoms with Crippen LogP contribution < -0.4 is 10.5 Å². The van der Waals surface area contributed by atoms with Crippen LogP contribution in [-0.4, -0.2) is 16.6 Å². The van der Waals surface area contributed by atoms with E-state index in [1.165, 1.54) is 11.1 Å². The first-order chi connectivity index (χ1) is 8.08. The maximum Gasteiger partial charge on any atom is 0.124 e. The average molecular weight is 249 g/mol. The normalized spacial score (nSPS) is 35.7. The first-order valence-corrected chi connectivity index (χ1v) is 7.30. The number of fused-ring (bicyclic) bond motifs is 1. The van der Waals surface area contributed by atoms with E-state index < -0.39 is 0 Å². The molecule has 3 rings (SSSR count). The SMILES string of the molecule is Cc1ccc2c(c1)[C@H](N)CC1(CSC(C)C1)O2. The van der Waals surface area contributed by atoms with Crippen LogP contribution in [0.3, 0.4) is 0 Å². The van der Waals surface area contributed by atoms with Crippen LogP contribution in [0.4, 0.5) is 0 Å². The molecule has 2 aliphatic heterocycles. The van der Waals surface area contributed by atoms with Crippen LogP contribution in [0.25, 0.3) is 0 Å². The highest BCUT2D eigenvalue weighted by molar-refractivity contribution is 8.00. The van der Waals surface area contributed by atoms with Gasteiger partial charge in [0.25, 0.3) is 0 Å². The number of thioether (sulfide) groups is 1. The smallest absolute Gasteiger partial charge is 0.124 e. The highest BCUT2D eigenvalue weighted by Crippen LogP contribution is 2.47. The molecule has 0 saturated carbocycles. The molecule has 17 heavy (non-hydrogen) atoms. The van der Waals surface area contributed by atoms with E-state index in [1.54, 1.807) is 0 Å². The number of hydrogen-bond acceptors (Lipinski definition) is 3. The fraction of sp³-hybridized carbons (Fsp3) is 0.571. The molecule has 0 aliphatic carbocycles. The molecular formula is C14H19NOS. The molecule has 0 aromatic heterocycles. The Labute approximate surface area is 107 Å². The second-order valence-corrected chi connectivity index (χ2v) is 6.89. The number of nitrogens with two attached hydrogens (primary N) is 1. The standard InChI is InChI=1S/C14H19NOS/c1-9-3-4-13-11(5-9)12(15)7-14(16-13)6-10(2)17-8-14/h3-5,10,12H,6-8,15H2,1-2H3/t10?,12-,14?/m1/s1. The van der Waals surface area contributed by atoms with Crippen molar-refractivity contribution >= 4 is 11.8 Å². The topological polar surface area (TPSA) is 35.2 Å². The van der Waals surface area contributed by atoms with Gasteiger partial charge in [-0.2, -0.15) is 11.8 Å². The van der Waals surface area contributed by atoms with E-state index in [9.17, 15) is 0 Å². The van der Waals surface area contributed by atoms with E-state index in [2.05, 4.69) is 32.0 Å². The molecule has 1 spiro atoms. The Morgan fingerprint density at radius 3 is 2.94 bits per heavy atom. The highest BCUT2D eigenvalue weighted by Gasteiger charge is 2.45. The Morgan fingerprint density at radius 2 is 2.24 bits per heavy atom. The lowest BCUT2D eigenvalue weighted by molar-refractivity contribution is 0.0575. The second kappa shape index (κ2) is 3.92. The summed E-state index contributed by atoms with van der Waals surface area (Å²) in [4.78, 5) is 0. The van der Waals surface area contributed by atoms with E-state index in [0.717, 1.165) is 24.3 Å². The lowest BCUT2D eigenvalue weighted by Gasteiger charge is -2.38. The Balaban J connectivity index is 1.96. The largest absolute Gasteiger partial charge is 0.486 e. The minimum absolute atomic E-state index is 0.00818.